The first-order valence-electron chi connectivity index (χ1n) is 10.4. The summed E-state index contributed by atoms with van der Waals surface area (Å²) in [4.78, 5) is 19.3. The highest BCUT2D eigenvalue weighted by Gasteiger charge is 2.36. The molecule has 1 unspecified atom stereocenters. The van der Waals surface area contributed by atoms with E-state index in [0.29, 0.717) is 17.8 Å². The molecule has 1 aliphatic rings. The molecular formula is C22H23F3N4OS2. The number of amides is 1. The second-order valence-electron chi connectivity index (χ2n) is 7.86. The number of carbonyl (C=O) groups is 1. The van der Waals surface area contributed by atoms with Gasteiger partial charge < -0.3 is 10.2 Å². The molecule has 1 amide bonds. The predicted octanol–water partition coefficient (Wildman–Crippen LogP) is 5.95. The molecule has 32 heavy (non-hydrogen) atoms. The van der Waals surface area contributed by atoms with E-state index in [1.54, 1.807) is 16.8 Å². The molecule has 4 rings (SSSR count). The summed E-state index contributed by atoms with van der Waals surface area (Å²) in [6.45, 7) is 4.14. The van der Waals surface area contributed by atoms with Gasteiger partial charge >= 0.3 is 6.18 Å². The first kappa shape index (κ1) is 22.9. The first-order chi connectivity index (χ1) is 15.3. The van der Waals surface area contributed by atoms with Gasteiger partial charge in [0.05, 0.1) is 16.8 Å². The van der Waals surface area contributed by atoms with Crippen molar-refractivity contribution in [3.8, 4) is 10.6 Å². The minimum Gasteiger partial charge on any atom is -0.321 e. The van der Waals surface area contributed by atoms with Gasteiger partial charge in [-0.25, -0.2) is 4.98 Å². The van der Waals surface area contributed by atoms with Crippen molar-refractivity contribution in [2.75, 3.05) is 18.4 Å². The minimum absolute atomic E-state index is 0.0720. The number of piperidine rings is 1. The van der Waals surface area contributed by atoms with Crippen LogP contribution in [0.1, 0.15) is 47.9 Å². The summed E-state index contributed by atoms with van der Waals surface area (Å²) in [5.74, 6) is 0.0606. The zero-order chi connectivity index (χ0) is 22.7. The summed E-state index contributed by atoms with van der Waals surface area (Å²) in [5, 5.41) is 6.16. The van der Waals surface area contributed by atoms with Crippen LogP contribution in [0.4, 0.5) is 18.9 Å². The molecule has 0 spiro atoms. The highest BCUT2D eigenvalue weighted by atomic mass is 32.1. The molecule has 170 valence electrons. The van der Waals surface area contributed by atoms with E-state index in [-0.39, 0.29) is 22.3 Å². The van der Waals surface area contributed by atoms with Gasteiger partial charge in [0.2, 0.25) is 0 Å². The Morgan fingerprint density at radius 2 is 2.00 bits per heavy atom. The highest BCUT2D eigenvalue weighted by Crippen LogP contribution is 2.42. The third-order valence-electron chi connectivity index (χ3n) is 5.58. The Balaban J connectivity index is 1.63. The number of halogens is 3. The molecule has 1 N–H and O–H groups in total. The van der Waals surface area contributed by atoms with E-state index in [2.05, 4.69) is 26.5 Å². The second kappa shape index (κ2) is 9.68. The number of nitrogens with one attached hydrogen (secondary N) is 1. The SMILES string of the molecule is CC(Cc1nsc(-c2c(NC(=O)c3ccsc3)cccc2C(F)(F)F)n1)N1CCCCC1. The smallest absolute Gasteiger partial charge is 0.321 e. The summed E-state index contributed by atoms with van der Waals surface area (Å²) < 4.78 is 45.8. The van der Waals surface area contributed by atoms with Crippen LogP contribution < -0.4 is 5.32 Å². The van der Waals surface area contributed by atoms with Crippen molar-refractivity contribution in [2.45, 2.75) is 44.8 Å². The number of aromatic nitrogens is 2. The average molecular weight is 481 g/mol. The van der Waals surface area contributed by atoms with Crippen molar-refractivity contribution in [3.63, 3.8) is 0 Å². The number of thiophene rings is 1. The lowest BCUT2D eigenvalue weighted by Crippen LogP contribution is -2.38. The van der Waals surface area contributed by atoms with Crippen LogP contribution in [0.25, 0.3) is 10.6 Å². The van der Waals surface area contributed by atoms with Gasteiger partial charge in [-0.1, -0.05) is 12.5 Å². The molecule has 3 heterocycles. The van der Waals surface area contributed by atoms with E-state index in [1.165, 1.54) is 29.9 Å². The van der Waals surface area contributed by atoms with Crippen LogP contribution in [-0.2, 0) is 12.6 Å². The number of anilines is 1. The second-order valence-corrected chi connectivity index (χ2v) is 9.39. The normalized spacial score (nSPS) is 16.1. The third-order valence-corrected chi connectivity index (χ3v) is 7.03. The monoisotopic (exact) mass is 480 g/mol. The third kappa shape index (κ3) is 5.19. The van der Waals surface area contributed by atoms with E-state index in [9.17, 15) is 18.0 Å². The molecule has 10 heteroatoms. The molecule has 0 radical (unpaired) electrons. The molecule has 0 aliphatic carbocycles. The summed E-state index contributed by atoms with van der Waals surface area (Å²) in [7, 11) is 0. The Morgan fingerprint density at radius 1 is 1.22 bits per heavy atom. The Kier molecular flexibility index (Phi) is 6.92. The number of carbonyl (C=O) groups excluding carboxylic acids is 1. The molecule has 1 aromatic carbocycles. The number of rotatable bonds is 6. The Morgan fingerprint density at radius 3 is 2.69 bits per heavy atom. The van der Waals surface area contributed by atoms with Crippen molar-refractivity contribution in [1.82, 2.24) is 14.3 Å². The average Bonchev–Trinajstić information content (AvgIpc) is 3.46. The molecule has 1 atom stereocenters. The van der Waals surface area contributed by atoms with Crippen LogP contribution in [-0.4, -0.2) is 39.3 Å². The number of alkyl halides is 3. The van der Waals surface area contributed by atoms with Crippen molar-refractivity contribution in [3.05, 3.63) is 52.0 Å². The van der Waals surface area contributed by atoms with Crippen LogP contribution >= 0.6 is 22.9 Å². The van der Waals surface area contributed by atoms with E-state index >= 15 is 0 Å². The fourth-order valence-electron chi connectivity index (χ4n) is 3.90. The van der Waals surface area contributed by atoms with Gasteiger partial charge in [-0.15, -0.1) is 0 Å². The highest BCUT2D eigenvalue weighted by molar-refractivity contribution is 7.09. The lowest BCUT2D eigenvalue weighted by atomic mass is 10.0. The summed E-state index contributed by atoms with van der Waals surface area (Å²) >= 11 is 2.27. The number of benzene rings is 1. The standard InChI is InChI=1S/C22H23F3N4OS2/c1-14(29-9-3-2-4-10-29)12-18-27-21(32-28-18)19-16(22(23,24)25)6-5-7-17(19)26-20(30)15-8-11-31-13-15/h5-8,11,13-14H,2-4,9-10,12H2,1H3,(H,26,30). The molecule has 3 aromatic rings. The lowest BCUT2D eigenvalue weighted by Gasteiger charge is -2.31. The lowest BCUT2D eigenvalue weighted by molar-refractivity contribution is -0.137. The van der Waals surface area contributed by atoms with Crippen LogP contribution in [0.2, 0.25) is 0 Å². The fourth-order valence-corrected chi connectivity index (χ4v) is 5.30. The maximum absolute atomic E-state index is 13.8. The van der Waals surface area contributed by atoms with Crippen LogP contribution in [0, 0.1) is 0 Å². The van der Waals surface area contributed by atoms with Crippen LogP contribution in [0.15, 0.2) is 35.0 Å². The number of hydrogen-bond donors (Lipinski definition) is 1. The van der Waals surface area contributed by atoms with Gasteiger partial charge in [0.1, 0.15) is 10.8 Å². The van der Waals surface area contributed by atoms with E-state index in [1.807, 2.05) is 0 Å². The molecule has 1 aliphatic heterocycles. The minimum atomic E-state index is -4.59. The van der Waals surface area contributed by atoms with Gasteiger partial charge in [0.15, 0.2) is 0 Å². The maximum atomic E-state index is 13.8. The number of hydrogen-bond acceptors (Lipinski definition) is 6. The molecule has 1 saturated heterocycles. The predicted molar refractivity (Wildman–Crippen MR) is 121 cm³/mol. The summed E-state index contributed by atoms with van der Waals surface area (Å²) in [5.41, 5.74) is -0.514. The molecule has 0 bridgehead atoms. The Labute approximate surface area is 192 Å². The van der Waals surface area contributed by atoms with Crippen molar-refractivity contribution in [2.24, 2.45) is 0 Å². The topological polar surface area (TPSA) is 58.1 Å². The molecular weight excluding hydrogens is 457 g/mol. The van der Waals surface area contributed by atoms with E-state index < -0.39 is 17.6 Å². The zero-order valence-electron chi connectivity index (χ0n) is 17.5. The maximum Gasteiger partial charge on any atom is 0.417 e. The largest absolute Gasteiger partial charge is 0.417 e. The zero-order valence-corrected chi connectivity index (χ0v) is 19.1. The van der Waals surface area contributed by atoms with Gasteiger partial charge in [-0.2, -0.15) is 28.9 Å². The first-order valence-corrected chi connectivity index (χ1v) is 12.2. The van der Waals surface area contributed by atoms with Crippen LogP contribution in [0.5, 0.6) is 0 Å². The van der Waals surface area contributed by atoms with Crippen molar-refractivity contribution < 1.29 is 18.0 Å². The van der Waals surface area contributed by atoms with Gasteiger partial charge in [-0.3, -0.25) is 4.79 Å². The number of likely N-dealkylation sites (tertiary alicyclic amines) is 1. The van der Waals surface area contributed by atoms with Crippen molar-refractivity contribution in [1.29, 1.82) is 0 Å². The Bertz CT molecular complexity index is 1060. The number of nitrogens with zero attached hydrogens (tertiary/aromatic N) is 3. The van der Waals surface area contributed by atoms with Gasteiger partial charge in [0, 0.05) is 23.4 Å². The molecule has 2 aromatic heterocycles. The van der Waals surface area contributed by atoms with Gasteiger partial charge in [-0.05, 0) is 68.0 Å². The molecule has 0 saturated carbocycles. The Hall–Kier alpha value is -2.30. The molecule has 1 fully saturated rings. The fraction of sp³-hybridized carbons (Fsp3) is 0.409. The van der Waals surface area contributed by atoms with E-state index in [0.717, 1.165) is 43.5 Å². The summed E-state index contributed by atoms with van der Waals surface area (Å²) in [6.07, 6.45) is -0.471. The molecule has 5 nitrogen and oxygen atoms in total. The van der Waals surface area contributed by atoms with E-state index in [4.69, 9.17) is 0 Å². The summed E-state index contributed by atoms with van der Waals surface area (Å²) in [6, 6.07) is 5.60. The quantitative estimate of drug-likeness (QED) is 0.473. The van der Waals surface area contributed by atoms with Crippen LogP contribution in [0.3, 0.4) is 0 Å². The van der Waals surface area contributed by atoms with Gasteiger partial charge in [0.25, 0.3) is 5.91 Å². The van der Waals surface area contributed by atoms with Crippen molar-refractivity contribution >= 4 is 34.5 Å².